The molecule has 0 bridgehead atoms. The van der Waals surface area contributed by atoms with Crippen molar-refractivity contribution in [1.82, 2.24) is 9.97 Å². The highest BCUT2D eigenvalue weighted by atomic mass is 35.5. The van der Waals surface area contributed by atoms with Gasteiger partial charge in [0.1, 0.15) is 5.15 Å². The van der Waals surface area contributed by atoms with Crippen LogP contribution >= 0.6 is 11.6 Å². The molecule has 2 aromatic rings. The average molecular weight is 236 g/mol. The lowest BCUT2D eigenvalue weighted by atomic mass is 10.2. The lowest BCUT2D eigenvalue weighted by Crippen LogP contribution is -1.92. The average Bonchev–Trinajstić information content (AvgIpc) is 2.29. The van der Waals surface area contributed by atoms with E-state index in [1.807, 2.05) is 0 Å². The predicted octanol–water partition coefficient (Wildman–Crippen LogP) is 2.71. The largest absolute Gasteiger partial charge is 0.274 e. The Morgan fingerprint density at radius 1 is 1.25 bits per heavy atom. The number of rotatable bonds is 2. The van der Waals surface area contributed by atoms with Gasteiger partial charge in [0, 0.05) is 12.3 Å². The molecule has 0 saturated carbocycles. The molecule has 0 radical (unpaired) electrons. The molecule has 2 heterocycles. The maximum Gasteiger partial charge on any atom is 0.274 e. The molecular formula is C10H6ClN3O2. The second kappa shape index (κ2) is 4.24. The van der Waals surface area contributed by atoms with Crippen molar-refractivity contribution in [3.8, 4) is 11.4 Å². The van der Waals surface area contributed by atoms with Crippen LogP contribution in [0.15, 0.2) is 36.5 Å². The third kappa shape index (κ3) is 2.14. The summed E-state index contributed by atoms with van der Waals surface area (Å²) in [6.45, 7) is 0. The zero-order chi connectivity index (χ0) is 11.5. The highest BCUT2D eigenvalue weighted by Crippen LogP contribution is 2.23. The minimum absolute atomic E-state index is 0.0786. The van der Waals surface area contributed by atoms with Gasteiger partial charge in [0.2, 0.25) is 0 Å². The highest BCUT2D eigenvalue weighted by Gasteiger charge is 2.11. The molecule has 0 aromatic carbocycles. The molecule has 0 aliphatic carbocycles. The summed E-state index contributed by atoms with van der Waals surface area (Å²) in [5, 5.41) is 10.7. The standard InChI is InChI=1S/C10H6ClN3O2/c11-10-6-7(14(15)16)5-9(13-10)8-3-1-2-4-12-8/h1-6H. The summed E-state index contributed by atoms with van der Waals surface area (Å²) >= 11 is 5.70. The van der Waals surface area contributed by atoms with Crippen molar-refractivity contribution in [2.24, 2.45) is 0 Å². The first-order chi connectivity index (χ1) is 7.66. The van der Waals surface area contributed by atoms with E-state index in [2.05, 4.69) is 9.97 Å². The maximum atomic E-state index is 10.6. The first-order valence-corrected chi connectivity index (χ1v) is 4.78. The molecule has 6 heteroatoms. The van der Waals surface area contributed by atoms with E-state index in [1.165, 1.54) is 12.1 Å². The summed E-state index contributed by atoms with van der Waals surface area (Å²) in [6.07, 6.45) is 1.59. The van der Waals surface area contributed by atoms with Crippen LogP contribution in [0, 0.1) is 10.1 Å². The van der Waals surface area contributed by atoms with Crippen molar-refractivity contribution in [3.05, 3.63) is 51.8 Å². The number of hydrogen-bond donors (Lipinski definition) is 0. The summed E-state index contributed by atoms with van der Waals surface area (Å²) < 4.78 is 0. The normalized spacial score (nSPS) is 10.1. The van der Waals surface area contributed by atoms with Crippen LogP contribution < -0.4 is 0 Å². The molecule has 0 unspecified atom stereocenters. The molecule has 0 fully saturated rings. The van der Waals surface area contributed by atoms with Gasteiger partial charge < -0.3 is 0 Å². The van der Waals surface area contributed by atoms with E-state index >= 15 is 0 Å². The maximum absolute atomic E-state index is 10.6. The van der Waals surface area contributed by atoms with Crippen molar-refractivity contribution < 1.29 is 4.92 Å². The van der Waals surface area contributed by atoms with E-state index in [4.69, 9.17) is 11.6 Å². The zero-order valence-corrected chi connectivity index (χ0v) is 8.76. The third-order valence-electron chi connectivity index (χ3n) is 1.92. The quantitative estimate of drug-likeness (QED) is 0.456. The summed E-state index contributed by atoms with van der Waals surface area (Å²) in [6, 6.07) is 7.78. The van der Waals surface area contributed by atoms with Crippen molar-refractivity contribution in [1.29, 1.82) is 0 Å². The Morgan fingerprint density at radius 3 is 2.69 bits per heavy atom. The van der Waals surface area contributed by atoms with E-state index in [0.29, 0.717) is 11.4 Å². The summed E-state index contributed by atoms with van der Waals surface area (Å²) in [7, 11) is 0. The van der Waals surface area contributed by atoms with Crippen molar-refractivity contribution in [3.63, 3.8) is 0 Å². The van der Waals surface area contributed by atoms with Crippen molar-refractivity contribution in [2.45, 2.75) is 0 Å². The summed E-state index contributed by atoms with van der Waals surface area (Å²) in [4.78, 5) is 18.2. The van der Waals surface area contributed by atoms with E-state index in [9.17, 15) is 10.1 Å². The van der Waals surface area contributed by atoms with Gasteiger partial charge in [-0.05, 0) is 12.1 Å². The van der Waals surface area contributed by atoms with E-state index in [0.717, 1.165) is 0 Å². The van der Waals surface area contributed by atoms with E-state index in [1.54, 1.807) is 24.4 Å². The van der Waals surface area contributed by atoms with Crippen molar-refractivity contribution >= 4 is 17.3 Å². The Balaban J connectivity index is 2.54. The van der Waals surface area contributed by atoms with Gasteiger partial charge >= 0.3 is 0 Å². The second-order valence-electron chi connectivity index (χ2n) is 3.01. The van der Waals surface area contributed by atoms with Crippen LogP contribution in [0.2, 0.25) is 5.15 Å². The fraction of sp³-hybridized carbons (Fsp3) is 0. The van der Waals surface area contributed by atoms with Gasteiger partial charge in [-0.2, -0.15) is 0 Å². The minimum atomic E-state index is -0.514. The Hall–Kier alpha value is -2.01. The van der Waals surface area contributed by atoms with E-state index in [-0.39, 0.29) is 10.8 Å². The van der Waals surface area contributed by atoms with E-state index < -0.39 is 4.92 Å². The molecule has 0 aliphatic rings. The van der Waals surface area contributed by atoms with Crippen LogP contribution in [-0.2, 0) is 0 Å². The van der Waals surface area contributed by atoms with Gasteiger partial charge in [0.25, 0.3) is 5.69 Å². The molecule has 2 rings (SSSR count). The third-order valence-corrected chi connectivity index (χ3v) is 2.11. The smallest absolute Gasteiger partial charge is 0.258 e. The Kier molecular flexibility index (Phi) is 2.78. The second-order valence-corrected chi connectivity index (χ2v) is 3.39. The van der Waals surface area contributed by atoms with Gasteiger partial charge in [-0.3, -0.25) is 15.1 Å². The first-order valence-electron chi connectivity index (χ1n) is 4.40. The van der Waals surface area contributed by atoms with Gasteiger partial charge in [0.05, 0.1) is 22.4 Å². The summed E-state index contributed by atoms with van der Waals surface area (Å²) in [5.74, 6) is 0. The number of nitrogens with zero attached hydrogens (tertiary/aromatic N) is 3. The molecule has 0 atom stereocenters. The molecule has 2 aromatic heterocycles. The number of nitro groups is 1. The molecule has 16 heavy (non-hydrogen) atoms. The fourth-order valence-electron chi connectivity index (χ4n) is 1.23. The number of aromatic nitrogens is 2. The topological polar surface area (TPSA) is 68.9 Å². The molecule has 0 spiro atoms. The molecule has 0 amide bonds. The van der Waals surface area contributed by atoms with Gasteiger partial charge in [-0.25, -0.2) is 4.98 Å². The molecule has 0 saturated heterocycles. The number of halogens is 1. The lowest BCUT2D eigenvalue weighted by molar-refractivity contribution is -0.384. The minimum Gasteiger partial charge on any atom is -0.258 e. The van der Waals surface area contributed by atoms with Gasteiger partial charge in [-0.1, -0.05) is 17.7 Å². The van der Waals surface area contributed by atoms with Crippen LogP contribution in [0.3, 0.4) is 0 Å². The van der Waals surface area contributed by atoms with Crippen LogP contribution in [0.25, 0.3) is 11.4 Å². The predicted molar refractivity (Wildman–Crippen MR) is 59.1 cm³/mol. The number of pyridine rings is 2. The van der Waals surface area contributed by atoms with Crippen molar-refractivity contribution in [2.75, 3.05) is 0 Å². The Bertz CT molecular complexity index is 531. The number of hydrogen-bond acceptors (Lipinski definition) is 4. The summed E-state index contributed by atoms with van der Waals surface area (Å²) in [5.41, 5.74) is 0.841. The zero-order valence-electron chi connectivity index (χ0n) is 8.00. The first kappa shape index (κ1) is 10.5. The van der Waals surface area contributed by atoms with Crippen LogP contribution in [0.5, 0.6) is 0 Å². The molecule has 0 N–H and O–H groups in total. The molecule has 80 valence electrons. The van der Waals surface area contributed by atoms with Gasteiger partial charge in [-0.15, -0.1) is 0 Å². The lowest BCUT2D eigenvalue weighted by Gasteiger charge is -2.00. The molecular weight excluding hydrogens is 230 g/mol. The monoisotopic (exact) mass is 235 g/mol. The van der Waals surface area contributed by atoms with Crippen LogP contribution in [0.4, 0.5) is 5.69 Å². The molecule has 5 nitrogen and oxygen atoms in total. The fourth-order valence-corrected chi connectivity index (χ4v) is 1.44. The Labute approximate surface area is 95.9 Å². The highest BCUT2D eigenvalue weighted by molar-refractivity contribution is 6.29. The van der Waals surface area contributed by atoms with Crippen LogP contribution in [0.1, 0.15) is 0 Å². The van der Waals surface area contributed by atoms with Gasteiger partial charge in [0.15, 0.2) is 0 Å². The molecule has 0 aliphatic heterocycles. The van der Waals surface area contributed by atoms with Crippen LogP contribution in [-0.4, -0.2) is 14.9 Å². The Morgan fingerprint density at radius 2 is 2.06 bits per heavy atom. The SMILES string of the molecule is O=[N+]([O-])c1cc(Cl)nc(-c2ccccn2)c1.